The zero-order valence-corrected chi connectivity index (χ0v) is 13.4. The summed E-state index contributed by atoms with van der Waals surface area (Å²) in [5, 5.41) is 10.8. The number of hydrogen-bond acceptors (Lipinski definition) is 3. The van der Waals surface area contributed by atoms with E-state index in [0.717, 1.165) is 32.1 Å². The second kappa shape index (κ2) is 5.99. The van der Waals surface area contributed by atoms with Crippen molar-refractivity contribution in [1.82, 2.24) is 0 Å². The fourth-order valence-electron chi connectivity index (χ4n) is 4.14. The molecule has 0 aromatic heterocycles. The van der Waals surface area contributed by atoms with Crippen molar-refractivity contribution in [2.24, 2.45) is 5.73 Å². The Morgan fingerprint density at radius 3 is 2.04 bits per heavy atom. The van der Waals surface area contributed by atoms with Crippen molar-refractivity contribution in [3.05, 3.63) is 59.7 Å². The van der Waals surface area contributed by atoms with Crippen molar-refractivity contribution in [2.45, 2.75) is 50.3 Å². The maximum absolute atomic E-state index is 10.8. The summed E-state index contributed by atoms with van der Waals surface area (Å²) >= 11 is 0. The fraction of sp³-hybridized carbons (Fsp3) is 0.400. The van der Waals surface area contributed by atoms with Crippen molar-refractivity contribution < 1.29 is 5.11 Å². The number of aliphatic hydroxyl groups is 1. The Morgan fingerprint density at radius 1 is 0.870 bits per heavy atom. The van der Waals surface area contributed by atoms with Gasteiger partial charge in [-0.3, -0.25) is 0 Å². The van der Waals surface area contributed by atoms with E-state index in [1.54, 1.807) is 0 Å². The number of nitrogens with zero attached hydrogens (tertiary/aromatic N) is 1. The van der Waals surface area contributed by atoms with E-state index in [1.807, 2.05) is 0 Å². The Labute approximate surface area is 137 Å². The molecule has 4 rings (SSSR count). The number of aliphatic hydroxyl groups excluding tert-OH is 1. The molecule has 1 aliphatic carbocycles. The molecule has 3 atom stereocenters. The number of anilines is 2. The monoisotopic (exact) mass is 308 g/mol. The Morgan fingerprint density at radius 2 is 1.43 bits per heavy atom. The fourth-order valence-corrected chi connectivity index (χ4v) is 4.14. The summed E-state index contributed by atoms with van der Waals surface area (Å²) in [7, 11) is 0. The molecule has 23 heavy (non-hydrogen) atoms. The first-order valence-corrected chi connectivity index (χ1v) is 8.64. The summed E-state index contributed by atoms with van der Waals surface area (Å²) in [5.41, 5.74) is 11.4. The zero-order valence-electron chi connectivity index (χ0n) is 13.4. The van der Waals surface area contributed by atoms with E-state index in [0.29, 0.717) is 0 Å². The minimum absolute atomic E-state index is 0.0548. The summed E-state index contributed by atoms with van der Waals surface area (Å²) in [4.78, 5) is 2.36. The number of benzene rings is 2. The van der Waals surface area contributed by atoms with Crippen molar-refractivity contribution in [3.63, 3.8) is 0 Å². The molecule has 0 amide bonds. The quantitative estimate of drug-likeness (QED) is 0.851. The molecule has 2 aliphatic rings. The van der Waals surface area contributed by atoms with E-state index >= 15 is 0 Å². The molecule has 120 valence electrons. The third kappa shape index (κ3) is 2.54. The van der Waals surface area contributed by atoms with Gasteiger partial charge in [0.2, 0.25) is 0 Å². The molecule has 0 bridgehead atoms. The van der Waals surface area contributed by atoms with Crippen LogP contribution in [0.5, 0.6) is 0 Å². The molecule has 0 saturated heterocycles. The van der Waals surface area contributed by atoms with Crippen LogP contribution in [0.15, 0.2) is 48.5 Å². The van der Waals surface area contributed by atoms with Crippen LogP contribution in [0.1, 0.15) is 30.4 Å². The van der Waals surface area contributed by atoms with Crippen molar-refractivity contribution in [2.75, 3.05) is 4.90 Å². The molecule has 1 unspecified atom stereocenters. The van der Waals surface area contributed by atoms with Crippen LogP contribution in [-0.2, 0) is 12.8 Å². The van der Waals surface area contributed by atoms with Crippen LogP contribution in [0.3, 0.4) is 0 Å². The van der Waals surface area contributed by atoms with Crippen LogP contribution >= 0.6 is 0 Å². The SMILES string of the molecule is N[C@H]1CCCC(N2c3ccccc3CCc3ccccc32)[C@@H]1O. The molecule has 2 aromatic carbocycles. The third-order valence-corrected chi connectivity index (χ3v) is 5.37. The van der Waals surface area contributed by atoms with Crippen LogP contribution in [0.25, 0.3) is 0 Å². The number of aryl methyl sites for hydroxylation is 2. The Kier molecular flexibility index (Phi) is 3.83. The standard InChI is InChI=1S/C20H24N2O/c21-16-8-5-11-19(20(16)23)22-17-9-3-1-6-14(17)12-13-15-7-2-4-10-18(15)22/h1-4,6-7,9-10,16,19-20,23H,5,8,11-13,21H2/t16-,19?,20+/m0/s1. The maximum atomic E-state index is 10.8. The molecule has 1 saturated carbocycles. The molecule has 0 radical (unpaired) electrons. The topological polar surface area (TPSA) is 49.5 Å². The molecular formula is C20H24N2O. The first kappa shape index (κ1) is 14.7. The number of rotatable bonds is 1. The minimum Gasteiger partial charge on any atom is -0.389 e. The molecule has 1 fully saturated rings. The third-order valence-electron chi connectivity index (χ3n) is 5.37. The van der Waals surface area contributed by atoms with E-state index in [2.05, 4.69) is 53.4 Å². The second-order valence-electron chi connectivity index (χ2n) is 6.78. The van der Waals surface area contributed by atoms with E-state index in [1.165, 1.54) is 22.5 Å². The molecule has 3 N–H and O–H groups in total. The first-order valence-electron chi connectivity index (χ1n) is 8.64. The van der Waals surface area contributed by atoms with Gasteiger partial charge in [-0.15, -0.1) is 0 Å². The van der Waals surface area contributed by atoms with Gasteiger partial charge in [-0.05, 0) is 55.4 Å². The van der Waals surface area contributed by atoms with Crippen LogP contribution in [-0.4, -0.2) is 23.3 Å². The average molecular weight is 308 g/mol. The Balaban J connectivity index is 1.86. The lowest BCUT2D eigenvalue weighted by Gasteiger charge is -2.42. The lowest BCUT2D eigenvalue weighted by atomic mass is 9.86. The van der Waals surface area contributed by atoms with Crippen LogP contribution in [0.4, 0.5) is 11.4 Å². The van der Waals surface area contributed by atoms with Gasteiger partial charge in [0.05, 0.1) is 12.1 Å². The van der Waals surface area contributed by atoms with Gasteiger partial charge in [-0.2, -0.15) is 0 Å². The van der Waals surface area contributed by atoms with Crippen LogP contribution in [0.2, 0.25) is 0 Å². The molecule has 2 aromatic rings. The van der Waals surface area contributed by atoms with Crippen molar-refractivity contribution in [1.29, 1.82) is 0 Å². The normalized spacial score (nSPS) is 27.0. The summed E-state index contributed by atoms with van der Waals surface area (Å²) in [6.07, 6.45) is 4.57. The minimum atomic E-state index is -0.483. The highest BCUT2D eigenvalue weighted by Gasteiger charge is 2.36. The van der Waals surface area contributed by atoms with Crippen molar-refractivity contribution >= 4 is 11.4 Å². The largest absolute Gasteiger partial charge is 0.389 e. The lowest BCUT2D eigenvalue weighted by Crippen LogP contribution is -2.53. The molecule has 3 nitrogen and oxygen atoms in total. The zero-order chi connectivity index (χ0) is 15.8. The maximum Gasteiger partial charge on any atom is 0.0897 e. The van der Waals surface area contributed by atoms with E-state index < -0.39 is 6.10 Å². The van der Waals surface area contributed by atoms with Gasteiger partial charge < -0.3 is 15.7 Å². The predicted octanol–water partition coefficient (Wildman–Crippen LogP) is 3.16. The first-order chi connectivity index (χ1) is 11.3. The van der Waals surface area contributed by atoms with Gasteiger partial charge in [-0.25, -0.2) is 0 Å². The van der Waals surface area contributed by atoms with Gasteiger partial charge in [0.1, 0.15) is 0 Å². The van der Waals surface area contributed by atoms with Gasteiger partial charge in [0, 0.05) is 17.4 Å². The number of nitrogens with two attached hydrogens (primary N) is 1. The van der Waals surface area contributed by atoms with Crippen LogP contribution in [0, 0.1) is 0 Å². The Bertz CT molecular complexity index is 652. The molecule has 1 aliphatic heterocycles. The number of hydrogen-bond donors (Lipinski definition) is 2. The highest BCUT2D eigenvalue weighted by Crippen LogP contribution is 2.40. The summed E-state index contributed by atoms with van der Waals surface area (Å²) in [5.74, 6) is 0. The lowest BCUT2D eigenvalue weighted by molar-refractivity contribution is 0.0878. The molecule has 0 spiro atoms. The van der Waals surface area contributed by atoms with Crippen molar-refractivity contribution in [3.8, 4) is 0 Å². The highest BCUT2D eigenvalue weighted by molar-refractivity contribution is 5.72. The summed E-state index contributed by atoms with van der Waals surface area (Å²) in [6.45, 7) is 0. The number of para-hydroxylation sites is 2. The van der Waals surface area contributed by atoms with E-state index in [4.69, 9.17) is 5.73 Å². The predicted molar refractivity (Wildman–Crippen MR) is 94.1 cm³/mol. The van der Waals surface area contributed by atoms with E-state index in [9.17, 15) is 5.11 Å². The number of fused-ring (bicyclic) bond motifs is 2. The molecule has 1 heterocycles. The van der Waals surface area contributed by atoms with Crippen LogP contribution < -0.4 is 10.6 Å². The van der Waals surface area contributed by atoms with Gasteiger partial charge in [0.25, 0.3) is 0 Å². The summed E-state index contributed by atoms with van der Waals surface area (Å²) < 4.78 is 0. The van der Waals surface area contributed by atoms with Gasteiger partial charge >= 0.3 is 0 Å². The average Bonchev–Trinajstić information content (AvgIpc) is 2.75. The molecule has 3 heteroatoms. The highest BCUT2D eigenvalue weighted by atomic mass is 16.3. The van der Waals surface area contributed by atoms with Gasteiger partial charge in [0.15, 0.2) is 0 Å². The van der Waals surface area contributed by atoms with Gasteiger partial charge in [-0.1, -0.05) is 36.4 Å². The summed E-state index contributed by atoms with van der Waals surface area (Å²) in [6, 6.07) is 17.1. The molecular weight excluding hydrogens is 284 g/mol. The Hall–Kier alpha value is -1.84. The second-order valence-corrected chi connectivity index (χ2v) is 6.78. The van der Waals surface area contributed by atoms with E-state index in [-0.39, 0.29) is 12.1 Å². The smallest absolute Gasteiger partial charge is 0.0897 e.